The lowest BCUT2D eigenvalue weighted by atomic mass is 9.74. The molecule has 1 saturated carbocycles. The maximum Gasteiger partial charge on any atom is 0.281 e. The Kier molecular flexibility index (Phi) is 3.58. The van der Waals surface area contributed by atoms with Crippen molar-refractivity contribution in [1.82, 2.24) is 5.43 Å². The molecule has 4 rings (SSSR count). The smallest absolute Gasteiger partial charge is 0.266 e. The molecule has 5 heteroatoms. The maximum absolute atomic E-state index is 13.0. The van der Waals surface area contributed by atoms with Crippen molar-refractivity contribution in [2.75, 3.05) is 0 Å². The summed E-state index contributed by atoms with van der Waals surface area (Å²) < 4.78 is 13.0. The highest BCUT2D eigenvalue weighted by atomic mass is 32.1. The van der Waals surface area contributed by atoms with Gasteiger partial charge in [-0.2, -0.15) is 5.10 Å². The highest BCUT2D eigenvalue weighted by Crippen LogP contribution is 2.40. The quantitative estimate of drug-likeness (QED) is 0.665. The van der Waals surface area contributed by atoms with Crippen LogP contribution in [0.3, 0.4) is 0 Å². The van der Waals surface area contributed by atoms with Gasteiger partial charge in [-0.25, -0.2) is 9.82 Å². The molecule has 2 aliphatic rings. The van der Waals surface area contributed by atoms with Crippen molar-refractivity contribution in [2.45, 2.75) is 12.8 Å². The van der Waals surface area contributed by atoms with Crippen molar-refractivity contribution >= 4 is 23.0 Å². The number of nitrogens with one attached hydrogen (secondary N) is 1. The molecule has 2 aromatic rings. The standard InChI is InChI=1S/C18H15FN2OS/c19-13-6-4-11(5-7-13)16-8-9-17(23-16)18(22)21-20-15-10-12-2-1-3-14(12)15/h1-2,4-9,12,14H,3,10H2,(H,21,22)/b20-15-/t12-,14+/m0/s1. The van der Waals surface area contributed by atoms with E-state index in [1.807, 2.05) is 6.07 Å². The number of nitrogens with zero attached hydrogens (tertiary/aromatic N) is 1. The maximum atomic E-state index is 13.0. The number of hydrazone groups is 1. The van der Waals surface area contributed by atoms with Gasteiger partial charge in [-0.15, -0.1) is 11.3 Å². The second-order valence-corrected chi connectivity index (χ2v) is 6.94. The molecule has 0 bridgehead atoms. The number of halogens is 1. The second-order valence-electron chi connectivity index (χ2n) is 5.85. The summed E-state index contributed by atoms with van der Waals surface area (Å²) >= 11 is 1.38. The van der Waals surface area contributed by atoms with Crippen LogP contribution in [0.2, 0.25) is 0 Å². The zero-order valence-electron chi connectivity index (χ0n) is 12.3. The van der Waals surface area contributed by atoms with Crippen LogP contribution in [0.1, 0.15) is 22.5 Å². The molecular formula is C18H15FN2OS. The van der Waals surface area contributed by atoms with Crippen LogP contribution in [0, 0.1) is 17.7 Å². The van der Waals surface area contributed by atoms with E-state index in [2.05, 4.69) is 22.7 Å². The molecule has 1 amide bonds. The van der Waals surface area contributed by atoms with Crippen LogP contribution < -0.4 is 5.43 Å². The van der Waals surface area contributed by atoms with Gasteiger partial charge >= 0.3 is 0 Å². The lowest BCUT2D eigenvalue weighted by molar-refractivity contribution is 0.0958. The van der Waals surface area contributed by atoms with Crippen molar-refractivity contribution in [3.63, 3.8) is 0 Å². The Labute approximate surface area is 137 Å². The van der Waals surface area contributed by atoms with Gasteiger partial charge in [0.25, 0.3) is 5.91 Å². The molecule has 23 heavy (non-hydrogen) atoms. The fraction of sp³-hybridized carbons (Fsp3) is 0.222. The number of carbonyl (C=O) groups excluding carboxylic acids is 1. The van der Waals surface area contributed by atoms with Gasteiger partial charge in [-0.3, -0.25) is 4.79 Å². The molecule has 1 aromatic heterocycles. The monoisotopic (exact) mass is 326 g/mol. The Bertz CT molecular complexity index is 807. The van der Waals surface area contributed by atoms with Gasteiger partial charge in [0, 0.05) is 16.5 Å². The predicted octanol–water partition coefficient (Wildman–Crippen LogP) is 4.24. The minimum atomic E-state index is -0.265. The van der Waals surface area contributed by atoms with E-state index in [1.54, 1.807) is 18.2 Å². The number of fused-ring (bicyclic) bond motifs is 1. The van der Waals surface area contributed by atoms with E-state index in [0.717, 1.165) is 29.0 Å². The minimum absolute atomic E-state index is 0.190. The molecule has 1 N–H and O–H groups in total. The van der Waals surface area contributed by atoms with Gasteiger partial charge < -0.3 is 0 Å². The van der Waals surface area contributed by atoms with Crippen LogP contribution in [0.25, 0.3) is 10.4 Å². The molecule has 3 nitrogen and oxygen atoms in total. The summed E-state index contributed by atoms with van der Waals surface area (Å²) in [6.45, 7) is 0. The fourth-order valence-electron chi connectivity index (χ4n) is 3.07. The summed E-state index contributed by atoms with van der Waals surface area (Å²) in [7, 11) is 0. The van der Waals surface area contributed by atoms with E-state index in [1.165, 1.54) is 23.5 Å². The van der Waals surface area contributed by atoms with Gasteiger partial charge in [0.2, 0.25) is 0 Å². The SMILES string of the molecule is O=C(N/N=C1/C[C@@H]2C=CC[C@@H]12)c1ccc(-c2ccc(F)cc2)s1. The second kappa shape index (κ2) is 5.74. The third kappa shape index (κ3) is 2.72. The Balaban J connectivity index is 1.43. The Morgan fingerprint density at radius 1 is 1.22 bits per heavy atom. The number of allylic oxidation sites excluding steroid dienone is 2. The topological polar surface area (TPSA) is 41.5 Å². The Morgan fingerprint density at radius 3 is 2.83 bits per heavy atom. The van der Waals surface area contributed by atoms with Crippen molar-refractivity contribution in [2.24, 2.45) is 16.9 Å². The van der Waals surface area contributed by atoms with E-state index in [-0.39, 0.29) is 11.7 Å². The van der Waals surface area contributed by atoms with Crippen LogP contribution in [0.15, 0.2) is 53.7 Å². The third-order valence-electron chi connectivity index (χ3n) is 4.42. The van der Waals surface area contributed by atoms with Crippen molar-refractivity contribution in [1.29, 1.82) is 0 Å². The highest BCUT2D eigenvalue weighted by molar-refractivity contribution is 7.17. The summed E-state index contributed by atoms with van der Waals surface area (Å²) in [5, 5.41) is 4.28. The van der Waals surface area contributed by atoms with Crippen molar-refractivity contribution in [3.8, 4) is 10.4 Å². The molecule has 0 radical (unpaired) electrons. The van der Waals surface area contributed by atoms with Crippen LogP contribution in [0.5, 0.6) is 0 Å². The van der Waals surface area contributed by atoms with Crippen LogP contribution >= 0.6 is 11.3 Å². The van der Waals surface area contributed by atoms with E-state index in [4.69, 9.17) is 0 Å². The Morgan fingerprint density at radius 2 is 2.04 bits per heavy atom. The molecule has 1 aromatic carbocycles. The molecule has 0 saturated heterocycles. The molecule has 2 atom stereocenters. The largest absolute Gasteiger partial charge is 0.281 e. The lowest BCUT2D eigenvalue weighted by Crippen LogP contribution is -2.35. The van der Waals surface area contributed by atoms with Gasteiger partial charge in [0.1, 0.15) is 5.82 Å². The molecule has 1 heterocycles. The van der Waals surface area contributed by atoms with Gasteiger partial charge in [0.15, 0.2) is 0 Å². The minimum Gasteiger partial charge on any atom is -0.266 e. The number of amides is 1. The molecule has 2 aliphatic carbocycles. The molecule has 0 aliphatic heterocycles. The van der Waals surface area contributed by atoms with E-state index in [9.17, 15) is 9.18 Å². The first-order valence-corrected chi connectivity index (χ1v) is 8.41. The molecule has 0 unspecified atom stereocenters. The number of carbonyl (C=O) groups is 1. The molecular weight excluding hydrogens is 311 g/mol. The van der Waals surface area contributed by atoms with Gasteiger partial charge in [-0.05, 0) is 48.6 Å². The fourth-order valence-corrected chi connectivity index (χ4v) is 3.97. The zero-order valence-corrected chi connectivity index (χ0v) is 13.1. The number of hydrogen-bond donors (Lipinski definition) is 1. The summed E-state index contributed by atoms with van der Waals surface area (Å²) in [6, 6.07) is 9.92. The Hall–Kier alpha value is -2.27. The summed E-state index contributed by atoms with van der Waals surface area (Å²) in [5.41, 5.74) is 4.65. The van der Waals surface area contributed by atoms with Crippen LogP contribution in [-0.2, 0) is 0 Å². The van der Waals surface area contributed by atoms with Crippen LogP contribution in [-0.4, -0.2) is 11.6 Å². The first-order valence-electron chi connectivity index (χ1n) is 7.60. The number of rotatable bonds is 3. The lowest BCUT2D eigenvalue weighted by Gasteiger charge is -2.31. The van der Waals surface area contributed by atoms with E-state index in [0.29, 0.717) is 16.7 Å². The molecule has 1 fully saturated rings. The highest BCUT2D eigenvalue weighted by Gasteiger charge is 2.38. The summed E-state index contributed by atoms with van der Waals surface area (Å²) in [5.74, 6) is 0.662. The predicted molar refractivity (Wildman–Crippen MR) is 90.0 cm³/mol. The first kappa shape index (κ1) is 14.3. The molecule has 0 spiro atoms. The number of benzene rings is 1. The molecule has 116 valence electrons. The van der Waals surface area contributed by atoms with E-state index < -0.39 is 0 Å². The average molecular weight is 326 g/mol. The zero-order chi connectivity index (χ0) is 15.8. The van der Waals surface area contributed by atoms with Gasteiger partial charge in [0.05, 0.1) is 4.88 Å². The summed E-state index contributed by atoms with van der Waals surface area (Å²) in [6.07, 6.45) is 6.41. The van der Waals surface area contributed by atoms with Gasteiger partial charge in [-0.1, -0.05) is 24.3 Å². The third-order valence-corrected chi connectivity index (χ3v) is 5.56. The van der Waals surface area contributed by atoms with E-state index >= 15 is 0 Å². The van der Waals surface area contributed by atoms with Crippen molar-refractivity contribution in [3.05, 3.63) is 59.2 Å². The number of hydrogen-bond acceptors (Lipinski definition) is 3. The van der Waals surface area contributed by atoms with Crippen LogP contribution in [0.4, 0.5) is 4.39 Å². The average Bonchev–Trinajstić information content (AvgIpc) is 3.16. The summed E-state index contributed by atoms with van der Waals surface area (Å²) in [4.78, 5) is 13.7. The van der Waals surface area contributed by atoms with Crippen molar-refractivity contribution < 1.29 is 9.18 Å². The first-order chi connectivity index (χ1) is 11.2. The normalized spacial score (nSPS) is 23.6. The number of thiophene rings is 1.